The van der Waals surface area contributed by atoms with Crippen LogP contribution >= 0.6 is 0 Å². The van der Waals surface area contributed by atoms with Crippen molar-refractivity contribution >= 4 is 17.7 Å². The maximum Gasteiger partial charge on any atom is 0.246 e. The molecule has 3 fully saturated rings. The molecule has 7 nitrogen and oxygen atoms in total. The van der Waals surface area contributed by atoms with Crippen LogP contribution < -0.4 is 10.6 Å². The van der Waals surface area contributed by atoms with Crippen molar-refractivity contribution in [3.63, 3.8) is 0 Å². The zero-order valence-corrected chi connectivity index (χ0v) is 16.6. The zero-order valence-electron chi connectivity index (χ0n) is 16.6. The molecule has 156 valence electrons. The SMILES string of the molecule is CC(=O)N[C@H]1C[C@H]2CN(Cc3cccc(F)c3)C[C@H](NC(=O)C3CC3)C(=O)N2C1. The first-order valence-electron chi connectivity index (χ1n) is 10.2. The van der Waals surface area contributed by atoms with Gasteiger partial charge in [0.2, 0.25) is 17.7 Å². The highest BCUT2D eigenvalue weighted by molar-refractivity contribution is 5.90. The van der Waals surface area contributed by atoms with Crippen LogP contribution in [0.4, 0.5) is 4.39 Å². The van der Waals surface area contributed by atoms with Crippen LogP contribution in [0.15, 0.2) is 24.3 Å². The van der Waals surface area contributed by atoms with Gasteiger partial charge >= 0.3 is 0 Å². The van der Waals surface area contributed by atoms with Crippen molar-refractivity contribution in [2.75, 3.05) is 19.6 Å². The molecule has 2 N–H and O–H groups in total. The predicted molar refractivity (Wildman–Crippen MR) is 104 cm³/mol. The Hall–Kier alpha value is -2.48. The third-order valence-corrected chi connectivity index (χ3v) is 5.87. The Balaban J connectivity index is 1.53. The van der Waals surface area contributed by atoms with Crippen LogP contribution in [0.25, 0.3) is 0 Å². The van der Waals surface area contributed by atoms with E-state index in [2.05, 4.69) is 15.5 Å². The molecule has 0 unspecified atom stereocenters. The van der Waals surface area contributed by atoms with E-state index in [1.165, 1.54) is 19.1 Å². The highest BCUT2D eigenvalue weighted by Gasteiger charge is 2.43. The average molecular weight is 402 g/mol. The van der Waals surface area contributed by atoms with Crippen LogP contribution in [0.3, 0.4) is 0 Å². The molecule has 2 heterocycles. The largest absolute Gasteiger partial charge is 0.352 e. The van der Waals surface area contributed by atoms with E-state index in [4.69, 9.17) is 0 Å². The lowest BCUT2D eigenvalue weighted by Crippen LogP contribution is -2.52. The van der Waals surface area contributed by atoms with Crippen LogP contribution in [-0.4, -0.2) is 65.3 Å². The minimum absolute atomic E-state index is 0.0178. The van der Waals surface area contributed by atoms with Crippen molar-refractivity contribution in [3.05, 3.63) is 35.6 Å². The Morgan fingerprint density at radius 2 is 1.97 bits per heavy atom. The molecule has 4 rings (SSSR count). The van der Waals surface area contributed by atoms with Gasteiger partial charge in [0.05, 0.1) is 0 Å². The zero-order chi connectivity index (χ0) is 20.5. The molecule has 1 aliphatic carbocycles. The lowest BCUT2D eigenvalue weighted by molar-refractivity contribution is -0.136. The minimum atomic E-state index is -0.627. The number of amides is 3. The van der Waals surface area contributed by atoms with Crippen LogP contribution in [0.5, 0.6) is 0 Å². The third kappa shape index (κ3) is 4.75. The van der Waals surface area contributed by atoms with Crippen LogP contribution in [0.1, 0.15) is 31.7 Å². The number of benzene rings is 1. The summed E-state index contributed by atoms with van der Waals surface area (Å²) in [7, 11) is 0. The molecule has 29 heavy (non-hydrogen) atoms. The Morgan fingerprint density at radius 3 is 2.66 bits per heavy atom. The third-order valence-electron chi connectivity index (χ3n) is 5.87. The Labute approximate surface area is 169 Å². The summed E-state index contributed by atoms with van der Waals surface area (Å²) in [4.78, 5) is 40.9. The molecule has 0 bridgehead atoms. The minimum Gasteiger partial charge on any atom is -0.352 e. The highest BCUT2D eigenvalue weighted by atomic mass is 19.1. The summed E-state index contributed by atoms with van der Waals surface area (Å²) in [5.74, 6) is -0.552. The summed E-state index contributed by atoms with van der Waals surface area (Å²) < 4.78 is 13.6. The predicted octanol–water partition coefficient (Wildman–Crippen LogP) is 0.642. The van der Waals surface area contributed by atoms with Gasteiger partial charge in [0, 0.05) is 51.1 Å². The van der Waals surface area contributed by atoms with E-state index in [-0.39, 0.29) is 41.5 Å². The Bertz CT molecular complexity index is 813. The number of nitrogens with one attached hydrogen (secondary N) is 2. The normalized spacial score (nSPS) is 27.3. The maximum absolute atomic E-state index is 13.6. The fraction of sp³-hybridized carbons (Fsp3) is 0.571. The summed E-state index contributed by atoms with van der Waals surface area (Å²) in [6.07, 6.45) is 2.42. The Kier molecular flexibility index (Phi) is 5.54. The van der Waals surface area contributed by atoms with Crippen LogP contribution in [0.2, 0.25) is 0 Å². The smallest absolute Gasteiger partial charge is 0.246 e. The van der Waals surface area contributed by atoms with Crippen molar-refractivity contribution in [2.24, 2.45) is 5.92 Å². The van der Waals surface area contributed by atoms with Gasteiger partial charge in [-0.3, -0.25) is 19.3 Å². The molecule has 8 heteroatoms. The van der Waals surface area contributed by atoms with Crippen molar-refractivity contribution in [1.82, 2.24) is 20.4 Å². The molecule has 1 aromatic carbocycles. The second-order valence-electron chi connectivity index (χ2n) is 8.44. The van der Waals surface area contributed by atoms with E-state index in [1.54, 1.807) is 11.0 Å². The van der Waals surface area contributed by atoms with Crippen molar-refractivity contribution in [2.45, 2.75) is 50.9 Å². The number of halogens is 1. The quantitative estimate of drug-likeness (QED) is 0.758. The van der Waals surface area contributed by atoms with E-state index in [0.717, 1.165) is 18.4 Å². The van der Waals surface area contributed by atoms with Gasteiger partial charge in [0.15, 0.2) is 0 Å². The van der Waals surface area contributed by atoms with E-state index < -0.39 is 6.04 Å². The molecule has 3 amide bonds. The number of carbonyl (C=O) groups is 3. The van der Waals surface area contributed by atoms with Gasteiger partial charge in [-0.25, -0.2) is 4.39 Å². The first-order chi connectivity index (χ1) is 13.9. The Morgan fingerprint density at radius 1 is 1.17 bits per heavy atom. The molecule has 3 atom stereocenters. The van der Waals surface area contributed by atoms with Gasteiger partial charge in [-0.15, -0.1) is 0 Å². The average Bonchev–Trinajstić information content (AvgIpc) is 3.43. The molecular formula is C21H27FN4O3. The van der Waals surface area contributed by atoms with E-state index in [0.29, 0.717) is 32.6 Å². The van der Waals surface area contributed by atoms with Crippen molar-refractivity contribution in [1.29, 1.82) is 0 Å². The molecule has 0 radical (unpaired) electrons. The van der Waals surface area contributed by atoms with E-state index >= 15 is 0 Å². The van der Waals surface area contributed by atoms with Gasteiger partial charge in [-0.1, -0.05) is 12.1 Å². The fourth-order valence-electron chi connectivity index (χ4n) is 4.43. The molecule has 0 aromatic heterocycles. The van der Waals surface area contributed by atoms with E-state index in [1.807, 2.05) is 6.07 Å². The summed E-state index contributed by atoms with van der Waals surface area (Å²) in [6, 6.07) is 5.68. The molecular weight excluding hydrogens is 375 g/mol. The molecule has 0 spiro atoms. The molecule has 1 aromatic rings. The second-order valence-corrected chi connectivity index (χ2v) is 8.44. The standard InChI is InChI=1S/C21H27FN4O3/c1-13(27)23-17-8-18-11-25(9-14-3-2-4-16(22)7-14)12-19(21(29)26(18)10-17)24-20(28)15-5-6-15/h2-4,7,15,17-19H,5-6,8-12H2,1H3,(H,23,27)(H,24,28)/t17-,18-,19-/m0/s1. The first kappa shape index (κ1) is 19.8. The van der Waals surface area contributed by atoms with Crippen LogP contribution in [0, 0.1) is 11.7 Å². The highest BCUT2D eigenvalue weighted by Crippen LogP contribution is 2.30. The second kappa shape index (κ2) is 8.10. The summed E-state index contributed by atoms with van der Waals surface area (Å²) in [6.45, 7) is 3.43. The molecule has 1 saturated carbocycles. The summed E-state index contributed by atoms with van der Waals surface area (Å²) in [5.41, 5.74) is 0.828. The number of nitrogens with zero attached hydrogens (tertiary/aromatic N) is 2. The first-order valence-corrected chi connectivity index (χ1v) is 10.2. The molecule has 2 saturated heterocycles. The fourth-order valence-corrected chi connectivity index (χ4v) is 4.43. The van der Waals surface area contributed by atoms with Crippen LogP contribution in [-0.2, 0) is 20.9 Å². The number of carbonyl (C=O) groups excluding carboxylic acids is 3. The monoisotopic (exact) mass is 402 g/mol. The maximum atomic E-state index is 13.6. The van der Waals surface area contributed by atoms with Gasteiger partial charge in [0.1, 0.15) is 11.9 Å². The lowest BCUT2D eigenvalue weighted by atomic mass is 10.1. The lowest BCUT2D eigenvalue weighted by Gasteiger charge is -2.25. The topological polar surface area (TPSA) is 81.8 Å². The molecule has 3 aliphatic rings. The van der Waals surface area contributed by atoms with Gasteiger partial charge in [-0.05, 0) is 37.0 Å². The van der Waals surface area contributed by atoms with Crippen molar-refractivity contribution in [3.8, 4) is 0 Å². The van der Waals surface area contributed by atoms with Gasteiger partial charge < -0.3 is 15.5 Å². The summed E-state index contributed by atoms with van der Waals surface area (Å²) >= 11 is 0. The van der Waals surface area contributed by atoms with E-state index in [9.17, 15) is 18.8 Å². The molecule has 2 aliphatic heterocycles. The van der Waals surface area contributed by atoms with Crippen molar-refractivity contribution < 1.29 is 18.8 Å². The van der Waals surface area contributed by atoms with Gasteiger partial charge in [0.25, 0.3) is 0 Å². The van der Waals surface area contributed by atoms with Gasteiger partial charge in [-0.2, -0.15) is 0 Å². The number of hydrogen-bond donors (Lipinski definition) is 2. The number of fused-ring (bicyclic) bond motifs is 1. The number of rotatable bonds is 5. The number of hydrogen-bond acceptors (Lipinski definition) is 4. The summed E-state index contributed by atoms with van der Waals surface area (Å²) in [5, 5.41) is 5.84.